The van der Waals surface area contributed by atoms with Gasteiger partial charge in [0.15, 0.2) is 0 Å². The molecule has 2 aromatic rings. The molecule has 0 aliphatic carbocycles. The van der Waals surface area contributed by atoms with Crippen LogP contribution in [0.25, 0.3) is 0 Å². The van der Waals surface area contributed by atoms with Gasteiger partial charge in [0.2, 0.25) is 0 Å². The molecule has 0 saturated carbocycles. The summed E-state index contributed by atoms with van der Waals surface area (Å²) in [7, 11) is 1.60. The number of hydrazine groups is 1. The van der Waals surface area contributed by atoms with Crippen molar-refractivity contribution in [1.82, 2.24) is 5.43 Å². The van der Waals surface area contributed by atoms with Gasteiger partial charge in [-0.2, -0.15) is 0 Å². The highest BCUT2D eigenvalue weighted by atomic mass is 19.1. The summed E-state index contributed by atoms with van der Waals surface area (Å²) in [5.41, 5.74) is 5.37. The molecule has 0 aromatic heterocycles. The van der Waals surface area contributed by atoms with Crippen molar-refractivity contribution in [3.05, 3.63) is 65.0 Å². The Morgan fingerprint density at radius 2 is 1.89 bits per heavy atom. The van der Waals surface area contributed by atoms with Crippen molar-refractivity contribution in [1.29, 1.82) is 0 Å². The second-order valence-electron chi connectivity index (χ2n) is 4.34. The van der Waals surface area contributed by atoms with Crippen molar-refractivity contribution in [2.45, 2.75) is 13.0 Å². The molecule has 19 heavy (non-hydrogen) atoms. The third-order valence-electron chi connectivity index (χ3n) is 3.17. The molecule has 0 bridgehead atoms. The highest BCUT2D eigenvalue weighted by molar-refractivity contribution is 5.43. The van der Waals surface area contributed by atoms with Gasteiger partial charge >= 0.3 is 0 Å². The first kappa shape index (κ1) is 13.5. The zero-order valence-corrected chi connectivity index (χ0v) is 11.0. The number of ether oxygens (including phenoxy) is 1. The number of benzene rings is 2. The van der Waals surface area contributed by atoms with E-state index in [-0.39, 0.29) is 11.9 Å². The van der Waals surface area contributed by atoms with E-state index in [0.717, 1.165) is 16.7 Å². The number of aryl methyl sites for hydroxylation is 1. The van der Waals surface area contributed by atoms with Gasteiger partial charge in [-0.3, -0.25) is 5.84 Å². The van der Waals surface area contributed by atoms with Crippen LogP contribution in [-0.4, -0.2) is 7.11 Å². The van der Waals surface area contributed by atoms with Gasteiger partial charge in [0.05, 0.1) is 13.2 Å². The van der Waals surface area contributed by atoms with Crippen LogP contribution >= 0.6 is 0 Å². The van der Waals surface area contributed by atoms with Crippen molar-refractivity contribution in [3.63, 3.8) is 0 Å². The Balaban J connectivity index is 2.53. The number of para-hydroxylation sites is 1. The molecule has 2 aromatic carbocycles. The predicted octanol–water partition coefficient (Wildman–Crippen LogP) is 2.70. The van der Waals surface area contributed by atoms with E-state index in [1.54, 1.807) is 13.2 Å². The molecule has 0 heterocycles. The quantitative estimate of drug-likeness (QED) is 0.656. The van der Waals surface area contributed by atoms with E-state index in [0.29, 0.717) is 5.75 Å². The number of halogens is 1. The molecule has 1 unspecified atom stereocenters. The molecular weight excluding hydrogens is 243 g/mol. The molecule has 1 atom stereocenters. The summed E-state index contributed by atoms with van der Waals surface area (Å²) in [5.74, 6) is 6.09. The Labute approximate surface area is 112 Å². The first-order valence-corrected chi connectivity index (χ1v) is 6.02. The zero-order chi connectivity index (χ0) is 13.8. The van der Waals surface area contributed by atoms with Gasteiger partial charge < -0.3 is 4.74 Å². The lowest BCUT2D eigenvalue weighted by atomic mass is 9.95. The molecule has 0 aliphatic rings. The van der Waals surface area contributed by atoms with Crippen LogP contribution in [0.5, 0.6) is 5.75 Å². The van der Waals surface area contributed by atoms with Gasteiger partial charge in [0, 0.05) is 5.56 Å². The average Bonchev–Trinajstić information content (AvgIpc) is 2.44. The zero-order valence-electron chi connectivity index (χ0n) is 11.0. The average molecular weight is 260 g/mol. The van der Waals surface area contributed by atoms with Crippen LogP contribution in [0.15, 0.2) is 42.5 Å². The van der Waals surface area contributed by atoms with Crippen LogP contribution in [0.2, 0.25) is 0 Å². The normalized spacial score (nSPS) is 12.2. The number of rotatable bonds is 4. The molecule has 4 heteroatoms. The van der Waals surface area contributed by atoms with Crippen molar-refractivity contribution >= 4 is 0 Å². The summed E-state index contributed by atoms with van der Waals surface area (Å²) >= 11 is 0. The van der Waals surface area contributed by atoms with Gasteiger partial charge in [0.1, 0.15) is 11.6 Å². The molecule has 100 valence electrons. The van der Waals surface area contributed by atoms with E-state index >= 15 is 0 Å². The molecule has 0 aliphatic heterocycles. The fraction of sp³-hybridized carbons (Fsp3) is 0.200. The summed E-state index contributed by atoms with van der Waals surface area (Å²) in [4.78, 5) is 0. The summed E-state index contributed by atoms with van der Waals surface area (Å²) in [6.07, 6.45) is 0. The van der Waals surface area contributed by atoms with E-state index in [2.05, 4.69) is 5.43 Å². The maximum absolute atomic E-state index is 13.4. The van der Waals surface area contributed by atoms with E-state index in [9.17, 15) is 4.39 Å². The molecule has 0 saturated heterocycles. The van der Waals surface area contributed by atoms with Gasteiger partial charge in [0.25, 0.3) is 0 Å². The number of nitrogens with one attached hydrogen (secondary N) is 1. The smallest absolute Gasteiger partial charge is 0.124 e. The second kappa shape index (κ2) is 5.82. The molecular formula is C15H17FN2O. The maximum Gasteiger partial charge on any atom is 0.124 e. The lowest BCUT2D eigenvalue weighted by Gasteiger charge is -2.21. The van der Waals surface area contributed by atoms with Crippen molar-refractivity contribution in [2.24, 2.45) is 5.84 Å². The number of nitrogens with two attached hydrogens (primary N) is 1. The summed E-state index contributed by atoms with van der Waals surface area (Å²) in [6, 6.07) is 11.9. The number of methoxy groups -OCH3 is 1. The Kier molecular flexibility index (Phi) is 4.14. The van der Waals surface area contributed by atoms with Gasteiger partial charge in [-0.25, -0.2) is 9.82 Å². The van der Waals surface area contributed by atoms with Crippen molar-refractivity contribution in [2.75, 3.05) is 7.11 Å². The van der Waals surface area contributed by atoms with Gasteiger partial charge in [-0.1, -0.05) is 24.3 Å². The van der Waals surface area contributed by atoms with E-state index in [4.69, 9.17) is 10.6 Å². The lowest BCUT2D eigenvalue weighted by molar-refractivity contribution is 0.404. The third-order valence-corrected chi connectivity index (χ3v) is 3.17. The highest BCUT2D eigenvalue weighted by Crippen LogP contribution is 2.31. The minimum Gasteiger partial charge on any atom is -0.496 e. The Hall–Kier alpha value is -1.91. The number of hydrogen-bond acceptors (Lipinski definition) is 3. The largest absolute Gasteiger partial charge is 0.496 e. The van der Waals surface area contributed by atoms with E-state index < -0.39 is 0 Å². The molecule has 0 amide bonds. The second-order valence-corrected chi connectivity index (χ2v) is 4.34. The number of hydrogen-bond donors (Lipinski definition) is 2. The predicted molar refractivity (Wildman–Crippen MR) is 73.3 cm³/mol. The standard InChI is InChI=1S/C15H17FN2O/c1-10-7-8-11(16)9-13(10)15(18-17)12-5-3-4-6-14(12)19-2/h3-9,15,18H,17H2,1-2H3. The third kappa shape index (κ3) is 2.75. The lowest BCUT2D eigenvalue weighted by Crippen LogP contribution is -2.29. The SMILES string of the molecule is COc1ccccc1C(NN)c1cc(F)ccc1C. The van der Waals surface area contributed by atoms with Gasteiger partial charge in [-0.05, 0) is 36.2 Å². The highest BCUT2D eigenvalue weighted by Gasteiger charge is 2.18. The minimum atomic E-state index is -0.313. The van der Waals surface area contributed by atoms with Crippen LogP contribution in [0, 0.1) is 12.7 Å². The summed E-state index contributed by atoms with van der Waals surface area (Å²) in [5, 5.41) is 0. The van der Waals surface area contributed by atoms with Crippen LogP contribution in [0.1, 0.15) is 22.7 Å². The van der Waals surface area contributed by atoms with E-state index in [1.165, 1.54) is 12.1 Å². The van der Waals surface area contributed by atoms with Crippen LogP contribution in [-0.2, 0) is 0 Å². The topological polar surface area (TPSA) is 47.3 Å². The Bertz CT molecular complexity index is 572. The van der Waals surface area contributed by atoms with Crippen LogP contribution in [0.3, 0.4) is 0 Å². The molecule has 0 fully saturated rings. The van der Waals surface area contributed by atoms with Crippen LogP contribution < -0.4 is 16.0 Å². The molecule has 3 nitrogen and oxygen atoms in total. The fourth-order valence-corrected chi connectivity index (χ4v) is 2.17. The molecule has 0 radical (unpaired) electrons. The van der Waals surface area contributed by atoms with Gasteiger partial charge in [-0.15, -0.1) is 0 Å². The first-order chi connectivity index (χ1) is 9.17. The van der Waals surface area contributed by atoms with Crippen molar-refractivity contribution in [3.8, 4) is 5.75 Å². The summed E-state index contributed by atoms with van der Waals surface area (Å²) < 4.78 is 18.8. The monoisotopic (exact) mass is 260 g/mol. The van der Waals surface area contributed by atoms with Crippen LogP contribution in [0.4, 0.5) is 4.39 Å². The molecule has 3 N–H and O–H groups in total. The summed E-state index contributed by atoms with van der Waals surface area (Å²) in [6.45, 7) is 1.93. The fourth-order valence-electron chi connectivity index (χ4n) is 2.17. The Morgan fingerprint density at radius 1 is 1.16 bits per heavy atom. The Morgan fingerprint density at radius 3 is 2.58 bits per heavy atom. The van der Waals surface area contributed by atoms with Crippen molar-refractivity contribution < 1.29 is 9.13 Å². The minimum absolute atomic E-state index is 0.282. The maximum atomic E-state index is 13.4. The molecule has 0 spiro atoms. The molecule has 2 rings (SSSR count). The first-order valence-electron chi connectivity index (χ1n) is 6.02. The van der Waals surface area contributed by atoms with E-state index in [1.807, 2.05) is 31.2 Å².